The zero-order chi connectivity index (χ0) is 25.2. The largest absolute Gasteiger partial charge is 0.452 e. The van der Waals surface area contributed by atoms with Gasteiger partial charge in [0.25, 0.3) is 15.9 Å². The van der Waals surface area contributed by atoms with Gasteiger partial charge in [0.05, 0.1) is 16.1 Å². The number of hydrogen-bond acceptors (Lipinski definition) is 5. The third-order valence-electron chi connectivity index (χ3n) is 6.11. The van der Waals surface area contributed by atoms with Gasteiger partial charge in [0.15, 0.2) is 6.61 Å². The van der Waals surface area contributed by atoms with E-state index in [0.717, 1.165) is 23.1 Å². The number of carbonyl (C=O) groups excluding carboxylic acids is 2. The monoisotopic (exact) mass is 492 g/mol. The topological polar surface area (TPSA) is 92.8 Å². The van der Waals surface area contributed by atoms with Crippen LogP contribution in [0.25, 0.3) is 0 Å². The Labute approximate surface area is 205 Å². The molecule has 0 spiro atoms. The molecule has 3 aromatic carbocycles. The molecule has 8 heteroatoms. The fraction of sp³-hybridized carbons (Fsp3) is 0.259. The first kappa shape index (κ1) is 24.5. The van der Waals surface area contributed by atoms with Gasteiger partial charge in [0.2, 0.25) is 0 Å². The van der Waals surface area contributed by atoms with Crippen LogP contribution < -0.4 is 9.62 Å². The Hall–Kier alpha value is -3.65. The summed E-state index contributed by atoms with van der Waals surface area (Å²) in [4.78, 5) is 25.1. The molecule has 1 amide bonds. The Kier molecular flexibility index (Phi) is 6.93. The van der Waals surface area contributed by atoms with Crippen molar-refractivity contribution in [3.63, 3.8) is 0 Å². The molecule has 35 heavy (non-hydrogen) atoms. The summed E-state index contributed by atoms with van der Waals surface area (Å²) in [6.07, 6.45) is 1.37. The van der Waals surface area contributed by atoms with Crippen molar-refractivity contribution >= 4 is 33.3 Å². The number of rotatable bonds is 7. The molecule has 4 rings (SSSR count). The number of amides is 1. The van der Waals surface area contributed by atoms with Gasteiger partial charge >= 0.3 is 5.97 Å². The van der Waals surface area contributed by atoms with Crippen molar-refractivity contribution in [2.45, 2.75) is 44.6 Å². The predicted octanol–water partition coefficient (Wildman–Crippen LogP) is 4.49. The van der Waals surface area contributed by atoms with E-state index in [9.17, 15) is 18.0 Å². The van der Waals surface area contributed by atoms with Crippen molar-refractivity contribution in [2.75, 3.05) is 16.2 Å². The van der Waals surface area contributed by atoms with Gasteiger partial charge in [0.1, 0.15) is 0 Å². The molecule has 1 heterocycles. The van der Waals surface area contributed by atoms with E-state index in [4.69, 9.17) is 4.74 Å². The SMILES string of the molecule is CCc1cccc(C)c1NC(=O)COC(=O)c1cccc(S(=O)(=O)N2c3ccccc3CC2C)c1. The minimum absolute atomic E-state index is 0.00699. The molecular formula is C27H28N2O5S. The summed E-state index contributed by atoms with van der Waals surface area (Å²) in [7, 11) is -3.90. The molecule has 0 aromatic heterocycles. The van der Waals surface area contributed by atoms with Gasteiger partial charge in [-0.05, 0) is 67.6 Å². The number of nitrogens with one attached hydrogen (secondary N) is 1. The number of hydrogen-bond donors (Lipinski definition) is 1. The van der Waals surface area contributed by atoms with Gasteiger partial charge in [-0.3, -0.25) is 9.10 Å². The number of esters is 1. The molecule has 182 valence electrons. The van der Waals surface area contributed by atoms with Crippen molar-refractivity contribution in [3.8, 4) is 0 Å². The fourth-order valence-electron chi connectivity index (χ4n) is 4.39. The van der Waals surface area contributed by atoms with E-state index < -0.39 is 28.5 Å². The lowest BCUT2D eigenvalue weighted by atomic mass is 10.1. The highest BCUT2D eigenvalue weighted by Gasteiger charge is 2.36. The second-order valence-corrected chi connectivity index (χ2v) is 10.4. The van der Waals surface area contributed by atoms with Crippen molar-refractivity contribution in [2.24, 2.45) is 0 Å². The van der Waals surface area contributed by atoms with Gasteiger partial charge in [-0.25, -0.2) is 13.2 Å². The highest BCUT2D eigenvalue weighted by molar-refractivity contribution is 7.92. The van der Waals surface area contributed by atoms with E-state index in [1.165, 1.54) is 28.6 Å². The second kappa shape index (κ2) is 9.92. The maximum Gasteiger partial charge on any atom is 0.338 e. The summed E-state index contributed by atoms with van der Waals surface area (Å²) < 4.78 is 33.5. The molecule has 3 aromatic rings. The zero-order valence-corrected chi connectivity index (χ0v) is 20.8. The number of carbonyl (C=O) groups is 2. The van der Waals surface area contributed by atoms with Crippen LogP contribution in [0.15, 0.2) is 71.6 Å². The molecule has 0 bridgehead atoms. The average Bonchev–Trinajstić information content (AvgIpc) is 3.20. The first-order valence-corrected chi connectivity index (χ1v) is 12.9. The molecule has 0 saturated carbocycles. The van der Waals surface area contributed by atoms with Crippen molar-refractivity contribution < 1.29 is 22.7 Å². The van der Waals surface area contributed by atoms with E-state index in [0.29, 0.717) is 17.8 Å². The van der Waals surface area contributed by atoms with Crippen LogP contribution in [0.2, 0.25) is 0 Å². The number of nitrogens with zero attached hydrogens (tertiary/aromatic N) is 1. The van der Waals surface area contributed by atoms with E-state index in [-0.39, 0.29) is 16.5 Å². The predicted molar refractivity (Wildman–Crippen MR) is 135 cm³/mol. The number of aryl methyl sites for hydroxylation is 2. The summed E-state index contributed by atoms with van der Waals surface area (Å²) in [6.45, 7) is 5.26. The zero-order valence-electron chi connectivity index (χ0n) is 19.9. The summed E-state index contributed by atoms with van der Waals surface area (Å²) in [5, 5.41) is 2.80. The molecule has 0 aliphatic carbocycles. The highest BCUT2D eigenvalue weighted by Crippen LogP contribution is 2.36. The van der Waals surface area contributed by atoms with Gasteiger partial charge in [-0.2, -0.15) is 0 Å². The standard InChI is InChI=1S/C27H28N2O5S/c1-4-20-11-7-9-18(2)26(20)28-25(30)17-34-27(31)22-12-8-13-23(16-22)35(32,33)29-19(3)15-21-10-5-6-14-24(21)29/h5-14,16,19H,4,15,17H2,1-3H3,(H,28,30). The Morgan fingerprint density at radius 1 is 1.06 bits per heavy atom. The Balaban J connectivity index is 1.47. The summed E-state index contributed by atoms with van der Waals surface area (Å²) >= 11 is 0. The number of benzene rings is 3. The maximum atomic E-state index is 13.5. The van der Waals surface area contributed by atoms with Crippen LogP contribution in [-0.2, 0) is 32.4 Å². The minimum Gasteiger partial charge on any atom is -0.452 e. The molecule has 0 radical (unpaired) electrons. The Morgan fingerprint density at radius 2 is 1.80 bits per heavy atom. The molecule has 1 aliphatic heterocycles. The number of anilines is 2. The van der Waals surface area contributed by atoms with Crippen LogP contribution in [0.3, 0.4) is 0 Å². The molecule has 0 fully saturated rings. The van der Waals surface area contributed by atoms with E-state index >= 15 is 0 Å². The molecule has 1 unspecified atom stereocenters. The van der Waals surface area contributed by atoms with Crippen molar-refractivity contribution in [1.29, 1.82) is 0 Å². The van der Waals surface area contributed by atoms with Crippen molar-refractivity contribution in [1.82, 2.24) is 0 Å². The minimum atomic E-state index is -3.90. The van der Waals surface area contributed by atoms with E-state index in [2.05, 4.69) is 5.32 Å². The third-order valence-corrected chi connectivity index (χ3v) is 8.03. The fourth-order valence-corrected chi connectivity index (χ4v) is 6.13. The summed E-state index contributed by atoms with van der Waals surface area (Å²) in [6, 6.07) is 18.6. The van der Waals surface area contributed by atoms with Gasteiger partial charge in [-0.1, -0.05) is 49.4 Å². The Bertz CT molecular complexity index is 1380. The van der Waals surface area contributed by atoms with Crippen LogP contribution in [-0.4, -0.2) is 32.9 Å². The first-order valence-electron chi connectivity index (χ1n) is 11.5. The molecule has 1 aliphatic rings. The Morgan fingerprint density at radius 3 is 2.57 bits per heavy atom. The molecule has 1 atom stereocenters. The molecule has 7 nitrogen and oxygen atoms in total. The number of para-hydroxylation sites is 2. The number of fused-ring (bicyclic) bond motifs is 1. The number of sulfonamides is 1. The molecule has 0 saturated heterocycles. The third kappa shape index (κ3) is 4.93. The lowest BCUT2D eigenvalue weighted by Crippen LogP contribution is -2.35. The smallest absolute Gasteiger partial charge is 0.338 e. The van der Waals surface area contributed by atoms with Crippen molar-refractivity contribution in [3.05, 3.63) is 89.0 Å². The summed E-state index contributed by atoms with van der Waals surface area (Å²) in [5.74, 6) is -1.24. The van der Waals surface area contributed by atoms with Crippen LogP contribution in [0.4, 0.5) is 11.4 Å². The molecular weight excluding hydrogens is 464 g/mol. The first-order chi connectivity index (χ1) is 16.7. The maximum absolute atomic E-state index is 13.5. The second-order valence-electron chi connectivity index (χ2n) is 8.60. The average molecular weight is 493 g/mol. The van der Waals surface area contributed by atoms with Crippen LogP contribution >= 0.6 is 0 Å². The normalized spacial score (nSPS) is 14.9. The molecule has 1 N–H and O–H groups in total. The van der Waals surface area contributed by atoms with Gasteiger partial charge in [-0.15, -0.1) is 0 Å². The lowest BCUT2D eigenvalue weighted by Gasteiger charge is -2.24. The quantitative estimate of drug-likeness (QED) is 0.491. The highest BCUT2D eigenvalue weighted by atomic mass is 32.2. The summed E-state index contributed by atoms with van der Waals surface area (Å²) in [5.41, 5.74) is 4.28. The van der Waals surface area contributed by atoms with Crippen LogP contribution in [0.5, 0.6) is 0 Å². The van der Waals surface area contributed by atoms with Gasteiger partial charge < -0.3 is 10.1 Å². The number of ether oxygens (including phenoxy) is 1. The van der Waals surface area contributed by atoms with E-state index in [1.54, 1.807) is 12.1 Å². The van der Waals surface area contributed by atoms with Gasteiger partial charge in [0, 0.05) is 11.7 Å². The van der Waals surface area contributed by atoms with Crippen LogP contribution in [0.1, 0.15) is 40.9 Å². The van der Waals surface area contributed by atoms with E-state index in [1.807, 2.05) is 51.1 Å². The van der Waals surface area contributed by atoms with Crippen LogP contribution in [0, 0.1) is 6.92 Å². The lowest BCUT2D eigenvalue weighted by molar-refractivity contribution is -0.119.